The summed E-state index contributed by atoms with van der Waals surface area (Å²) in [6.45, 7) is 1.95. The lowest BCUT2D eigenvalue weighted by atomic mass is 10.2. The van der Waals surface area contributed by atoms with Crippen LogP contribution in [0, 0.1) is 0 Å². The molecule has 0 radical (unpaired) electrons. The van der Waals surface area contributed by atoms with Gasteiger partial charge in [0, 0.05) is 25.5 Å². The molecule has 1 aliphatic rings. The van der Waals surface area contributed by atoms with Gasteiger partial charge in [-0.3, -0.25) is 9.59 Å². The van der Waals surface area contributed by atoms with Gasteiger partial charge in [-0.2, -0.15) is 0 Å². The summed E-state index contributed by atoms with van der Waals surface area (Å²) < 4.78 is 15.9. The fourth-order valence-corrected chi connectivity index (χ4v) is 3.71. The Morgan fingerprint density at radius 2 is 1.87 bits per heavy atom. The van der Waals surface area contributed by atoms with Gasteiger partial charge in [-0.15, -0.1) is 11.8 Å². The number of rotatable bonds is 8. The number of nitrogens with one attached hydrogen (secondary N) is 1. The molecule has 1 unspecified atom stereocenters. The van der Waals surface area contributed by atoms with Crippen molar-refractivity contribution in [2.24, 2.45) is 0 Å². The minimum Gasteiger partial charge on any atom is -0.454 e. The van der Waals surface area contributed by atoms with Crippen LogP contribution in [0.15, 0.2) is 47.4 Å². The molecule has 3 rings (SSSR count). The Bertz CT molecular complexity index is 978. The van der Waals surface area contributed by atoms with Gasteiger partial charge in [-0.25, -0.2) is 4.79 Å². The summed E-state index contributed by atoms with van der Waals surface area (Å²) in [6.07, 6.45) is -0.983. The average Bonchev–Trinajstić information content (AvgIpc) is 3.23. The number of carbonyl (C=O) groups excluding carboxylic acids is 3. The zero-order valence-corrected chi connectivity index (χ0v) is 18.4. The summed E-state index contributed by atoms with van der Waals surface area (Å²) in [7, 11) is 3.35. The van der Waals surface area contributed by atoms with E-state index in [0.717, 1.165) is 5.56 Å². The number of benzene rings is 2. The van der Waals surface area contributed by atoms with Crippen molar-refractivity contribution in [2.45, 2.75) is 24.5 Å². The molecule has 0 aromatic heterocycles. The zero-order valence-electron chi connectivity index (χ0n) is 17.5. The summed E-state index contributed by atoms with van der Waals surface area (Å²) >= 11 is 1.25. The molecule has 1 aliphatic heterocycles. The van der Waals surface area contributed by atoms with Crippen LogP contribution in [0.2, 0.25) is 0 Å². The number of carbonyl (C=O) groups is 3. The van der Waals surface area contributed by atoms with Gasteiger partial charge in [-0.05, 0) is 36.8 Å². The molecule has 2 amide bonds. The second kappa shape index (κ2) is 10.2. The van der Waals surface area contributed by atoms with Gasteiger partial charge in [0.05, 0.1) is 11.3 Å². The fraction of sp³-hybridized carbons (Fsp3) is 0.318. The van der Waals surface area contributed by atoms with Gasteiger partial charge in [-0.1, -0.05) is 18.2 Å². The van der Waals surface area contributed by atoms with Crippen LogP contribution in [0.5, 0.6) is 11.5 Å². The number of amides is 2. The monoisotopic (exact) mass is 444 g/mol. The summed E-state index contributed by atoms with van der Waals surface area (Å²) in [5.41, 5.74) is 1.15. The molecular weight excluding hydrogens is 420 g/mol. The molecule has 2 aromatic carbocycles. The molecule has 1 atom stereocenters. The van der Waals surface area contributed by atoms with Crippen LogP contribution in [0.4, 0.5) is 0 Å². The van der Waals surface area contributed by atoms with E-state index in [1.54, 1.807) is 50.5 Å². The maximum atomic E-state index is 12.6. The van der Waals surface area contributed by atoms with Crippen molar-refractivity contribution in [2.75, 3.05) is 26.6 Å². The van der Waals surface area contributed by atoms with Gasteiger partial charge in [0.15, 0.2) is 17.6 Å². The van der Waals surface area contributed by atoms with Crippen LogP contribution in [0.25, 0.3) is 0 Å². The first-order valence-corrected chi connectivity index (χ1v) is 10.6. The number of ether oxygens (including phenoxy) is 3. The number of fused-ring (bicyclic) bond motifs is 1. The highest BCUT2D eigenvalue weighted by Gasteiger charge is 2.21. The van der Waals surface area contributed by atoms with Crippen molar-refractivity contribution in [3.05, 3.63) is 53.6 Å². The maximum Gasteiger partial charge on any atom is 0.340 e. The number of esters is 1. The molecule has 1 heterocycles. The van der Waals surface area contributed by atoms with Crippen LogP contribution in [0.1, 0.15) is 22.8 Å². The predicted molar refractivity (Wildman–Crippen MR) is 115 cm³/mol. The van der Waals surface area contributed by atoms with Gasteiger partial charge >= 0.3 is 5.97 Å². The summed E-state index contributed by atoms with van der Waals surface area (Å²) in [6, 6.07) is 12.2. The molecule has 1 N–H and O–H groups in total. The highest BCUT2D eigenvalue weighted by atomic mass is 32.2. The minimum absolute atomic E-state index is 0.0653. The molecular formula is C22H24N2O6S. The summed E-state index contributed by atoms with van der Waals surface area (Å²) in [5.74, 6) is 0.395. The van der Waals surface area contributed by atoms with Crippen molar-refractivity contribution < 1.29 is 28.6 Å². The molecule has 2 aromatic rings. The van der Waals surface area contributed by atoms with Crippen molar-refractivity contribution >= 4 is 29.5 Å². The first-order valence-electron chi connectivity index (χ1n) is 9.64. The number of hydrogen-bond acceptors (Lipinski definition) is 7. The van der Waals surface area contributed by atoms with E-state index in [1.807, 2.05) is 6.07 Å². The Morgan fingerprint density at radius 1 is 1.13 bits per heavy atom. The van der Waals surface area contributed by atoms with Gasteiger partial charge in [0.1, 0.15) is 0 Å². The van der Waals surface area contributed by atoms with Crippen LogP contribution in [0.3, 0.4) is 0 Å². The first kappa shape index (κ1) is 22.5. The zero-order chi connectivity index (χ0) is 22.4. The van der Waals surface area contributed by atoms with Crippen molar-refractivity contribution in [1.82, 2.24) is 10.2 Å². The highest BCUT2D eigenvalue weighted by Crippen LogP contribution is 2.32. The van der Waals surface area contributed by atoms with Gasteiger partial charge in [0.2, 0.25) is 12.7 Å². The Kier molecular flexibility index (Phi) is 7.41. The number of hydrogen-bond donors (Lipinski definition) is 1. The fourth-order valence-electron chi connectivity index (χ4n) is 2.69. The van der Waals surface area contributed by atoms with Gasteiger partial charge < -0.3 is 24.4 Å². The second-order valence-corrected chi connectivity index (χ2v) is 8.04. The highest BCUT2D eigenvalue weighted by molar-refractivity contribution is 8.00. The molecule has 0 saturated heterocycles. The van der Waals surface area contributed by atoms with Gasteiger partial charge in [0.25, 0.3) is 5.91 Å². The molecule has 0 saturated carbocycles. The lowest BCUT2D eigenvalue weighted by Crippen LogP contribution is -2.35. The normalized spacial score (nSPS) is 12.7. The van der Waals surface area contributed by atoms with E-state index >= 15 is 0 Å². The molecule has 8 nitrogen and oxygen atoms in total. The largest absolute Gasteiger partial charge is 0.454 e. The average molecular weight is 445 g/mol. The predicted octanol–water partition coefficient (Wildman–Crippen LogP) is 2.46. The topological polar surface area (TPSA) is 94.2 Å². The Labute approximate surface area is 184 Å². The summed E-state index contributed by atoms with van der Waals surface area (Å²) in [4.78, 5) is 39.0. The van der Waals surface area contributed by atoms with Crippen LogP contribution >= 0.6 is 11.8 Å². The molecule has 9 heteroatoms. The Hall–Kier alpha value is -3.20. The number of nitrogens with zero attached hydrogens (tertiary/aromatic N) is 1. The molecule has 0 bridgehead atoms. The Morgan fingerprint density at radius 3 is 2.65 bits per heavy atom. The van der Waals surface area contributed by atoms with E-state index in [9.17, 15) is 14.4 Å². The smallest absolute Gasteiger partial charge is 0.340 e. The minimum atomic E-state index is -0.983. The van der Waals surface area contributed by atoms with E-state index in [0.29, 0.717) is 22.0 Å². The Balaban J connectivity index is 1.55. The van der Waals surface area contributed by atoms with Crippen LogP contribution in [-0.2, 0) is 20.9 Å². The van der Waals surface area contributed by atoms with E-state index in [4.69, 9.17) is 14.2 Å². The van der Waals surface area contributed by atoms with E-state index in [2.05, 4.69) is 5.32 Å². The second-order valence-electron chi connectivity index (χ2n) is 7.03. The maximum absolute atomic E-state index is 12.6. The van der Waals surface area contributed by atoms with E-state index in [1.165, 1.54) is 23.6 Å². The first-order chi connectivity index (χ1) is 14.8. The van der Waals surface area contributed by atoms with E-state index < -0.39 is 18.0 Å². The van der Waals surface area contributed by atoms with Crippen molar-refractivity contribution in [3.63, 3.8) is 0 Å². The lowest BCUT2D eigenvalue weighted by molar-refractivity contribution is -0.129. The van der Waals surface area contributed by atoms with Crippen molar-refractivity contribution in [3.8, 4) is 11.5 Å². The number of thioether (sulfide) groups is 1. The third kappa shape index (κ3) is 5.91. The van der Waals surface area contributed by atoms with Crippen LogP contribution < -0.4 is 14.8 Å². The SMILES string of the molecule is CC(OC(=O)c1ccccc1SCC(=O)N(C)C)C(=O)NCc1ccc2c(c1)OCO2. The third-order valence-electron chi connectivity index (χ3n) is 4.51. The molecule has 164 valence electrons. The standard InChI is InChI=1S/C22H24N2O6S/c1-14(21(26)23-11-15-8-9-17-18(10-15)29-13-28-17)30-22(27)16-6-4-5-7-19(16)31-12-20(25)24(2)3/h4-10,14H,11-13H2,1-3H3,(H,23,26). The molecule has 0 aliphatic carbocycles. The molecule has 0 spiro atoms. The third-order valence-corrected chi connectivity index (χ3v) is 5.57. The van der Waals surface area contributed by atoms with E-state index in [-0.39, 0.29) is 25.0 Å². The lowest BCUT2D eigenvalue weighted by Gasteiger charge is -2.15. The van der Waals surface area contributed by atoms with Crippen LogP contribution in [-0.4, -0.2) is 55.4 Å². The molecule has 31 heavy (non-hydrogen) atoms. The quantitative estimate of drug-likeness (QED) is 0.494. The summed E-state index contributed by atoms with van der Waals surface area (Å²) in [5, 5.41) is 2.75. The van der Waals surface area contributed by atoms with Crippen molar-refractivity contribution in [1.29, 1.82) is 0 Å². The molecule has 0 fully saturated rings.